The molecule has 0 unspecified atom stereocenters. The Morgan fingerprint density at radius 3 is 2.56 bits per heavy atom. The van der Waals surface area contributed by atoms with Crippen LogP contribution in [0.4, 0.5) is 17.3 Å². The van der Waals surface area contributed by atoms with Crippen molar-refractivity contribution in [2.24, 2.45) is 0 Å². The molecule has 0 atom stereocenters. The zero-order valence-electron chi connectivity index (χ0n) is 18.4. The molecule has 1 aliphatic rings. The lowest BCUT2D eigenvalue weighted by atomic mass is 10.2. The third-order valence-corrected chi connectivity index (χ3v) is 5.69. The Balaban J connectivity index is 1.36. The van der Waals surface area contributed by atoms with Crippen LogP contribution >= 0.6 is 0 Å². The van der Waals surface area contributed by atoms with Crippen LogP contribution < -0.4 is 16.2 Å². The van der Waals surface area contributed by atoms with Crippen LogP contribution in [-0.4, -0.2) is 58.4 Å². The van der Waals surface area contributed by atoms with Gasteiger partial charge in [-0.3, -0.25) is 14.5 Å². The van der Waals surface area contributed by atoms with Crippen molar-refractivity contribution in [3.8, 4) is 0 Å². The van der Waals surface area contributed by atoms with Crippen molar-refractivity contribution in [2.45, 2.75) is 6.54 Å². The molecule has 4 aromatic rings. The highest BCUT2D eigenvalue weighted by molar-refractivity contribution is 6.03. The zero-order chi connectivity index (χ0) is 23.3. The predicted octanol–water partition coefficient (Wildman–Crippen LogP) is 2.71. The Kier molecular flexibility index (Phi) is 6.32. The highest BCUT2D eigenvalue weighted by Gasteiger charge is 2.15. The van der Waals surface area contributed by atoms with Gasteiger partial charge in [-0.15, -0.1) is 0 Å². The van der Waals surface area contributed by atoms with E-state index < -0.39 is 0 Å². The first-order chi connectivity index (χ1) is 16.7. The number of morpholine rings is 1. The van der Waals surface area contributed by atoms with Gasteiger partial charge in [-0.1, -0.05) is 17.3 Å². The lowest BCUT2D eigenvalue weighted by molar-refractivity contribution is 0.0364. The number of nitrogens with zero attached hydrogens (tertiary/aromatic N) is 4. The highest BCUT2D eigenvalue weighted by Crippen LogP contribution is 2.17. The highest BCUT2D eigenvalue weighted by atomic mass is 16.5. The van der Waals surface area contributed by atoms with Crippen molar-refractivity contribution >= 4 is 34.3 Å². The Hall–Kier alpha value is -4.02. The fourth-order valence-corrected chi connectivity index (χ4v) is 3.87. The SMILES string of the molecule is O=C(Nc1ccon1)c1ccc(Nc2nc3ccccc3n(CCN3CCOCC3)c2=O)cc1. The molecule has 174 valence electrons. The monoisotopic (exact) mass is 460 g/mol. The Labute approximate surface area is 195 Å². The summed E-state index contributed by atoms with van der Waals surface area (Å²) in [5.74, 6) is 0.264. The number of hydrogen-bond acceptors (Lipinski definition) is 8. The fraction of sp³-hybridized carbons (Fsp3) is 0.250. The molecule has 0 spiro atoms. The average Bonchev–Trinajstić information content (AvgIpc) is 3.38. The van der Waals surface area contributed by atoms with E-state index in [-0.39, 0.29) is 17.3 Å². The number of nitrogens with one attached hydrogen (secondary N) is 2. The summed E-state index contributed by atoms with van der Waals surface area (Å²) in [5, 5.41) is 9.43. The van der Waals surface area contributed by atoms with E-state index in [9.17, 15) is 9.59 Å². The minimum absolute atomic E-state index is 0.195. The van der Waals surface area contributed by atoms with E-state index in [0.717, 1.165) is 30.7 Å². The Bertz CT molecular complexity index is 1330. The Morgan fingerprint density at radius 2 is 1.79 bits per heavy atom. The summed E-state index contributed by atoms with van der Waals surface area (Å²) >= 11 is 0. The van der Waals surface area contributed by atoms with Gasteiger partial charge in [0.1, 0.15) is 6.26 Å². The molecule has 1 fully saturated rings. The van der Waals surface area contributed by atoms with E-state index in [0.29, 0.717) is 36.8 Å². The smallest absolute Gasteiger partial charge is 0.294 e. The molecule has 0 aliphatic carbocycles. The van der Waals surface area contributed by atoms with Crippen molar-refractivity contribution in [2.75, 3.05) is 43.5 Å². The molecule has 10 nitrogen and oxygen atoms in total. The molecule has 1 amide bonds. The molecule has 2 N–H and O–H groups in total. The topological polar surface area (TPSA) is 115 Å². The third kappa shape index (κ3) is 4.82. The number of para-hydroxylation sites is 2. The second-order valence-electron chi connectivity index (χ2n) is 7.90. The van der Waals surface area contributed by atoms with Crippen LogP contribution in [0.1, 0.15) is 10.4 Å². The second kappa shape index (κ2) is 9.86. The maximum absolute atomic E-state index is 13.3. The fourth-order valence-electron chi connectivity index (χ4n) is 3.87. The summed E-state index contributed by atoms with van der Waals surface area (Å²) in [6, 6.07) is 16.0. The molecule has 2 aromatic carbocycles. The standard InChI is InChI=1S/C24H24N6O4/c31-23(27-21-9-14-34-28-21)17-5-7-18(8-6-17)25-22-24(32)30(11-10-29-12-15-33-16-13-29)20-4-2-1-3-19(20)26-22/h1-9,14H,10-13,15-16H2,(H,25,26)(H,27,28,31). The summed E-state index contributed by atoms with van der Waals surface area (Å²) < 4.78 is 11.9. The van der Waals surface area contributed by atoms with Crippen LogP contribution in [-0.2, 0) is 11.3 Å². The van der Waals surface area contributed by atoms with E-state index in [4.69, 9.17) is 9.26 Å². The van der Waals surface area contributed by atoms with E-state index in [1.165, 1.54) is 6.26 Å². The minimum Gasteiger partial charge on any atom is -0.379 e. The second-order valence-corrected chi connectivity index (χ2v) is 7.90. The average molecular weight is 460 g/mol. The lowest BCUT2D eigenvalue weighted by Crippen LogP contribution is -2.39. The summed E-state index contributed by atoms with van der Waals surface area (Å²) in [5.41, 5.74) is 2.43. The number of amides is 1. The number of rotatable bonds is 7. The molecule has 0 radical (unpaired) electrons. The molecule has 5 rings (SSSR count). The molecular weight excluding hydrogens is 436 g/mol. The summed E-state index contributed by atoms with van der Waals surface area (Å²) in [6.07, 6.45) is 1.38. The van der Waals surface area contributed by atoms with Crippen LogP contribution in [0.5, 0.6) is 0 Å². The number of benzene rings is 2. The molecule has 3 heterocycles. The summed E-state index contributed by atoms with van der Waals surface area (Å²) in [7, 11) is 0. The van der Waals surface area contributed by atoms with E-state index in [1.807, 2.05) is 24.3 Å². The first-order valence-electron chi connectivity index (χ1n) is 11.1. The van der Waals surface area contributed by atoms with Gasteiger partial charge in [0.2, 0.25) is 0 Å². The maximum atomic E-state index is 13.3. The Morgan fingerprint density at radius 1 is 1.00 bits per heavy atom. The van der Waals surface area contributed by atoms with Crippen molar-refractivity contribution in [3.63, 3.8) is 0 Å². The molecule has 0 bridgehead atoms. The quantitative estimate of drug-likeness (QED) is 0.433. The molecule has 1 aliphatic heterocycles. The van der Waals surface area contributed by atoms with Crippen molar-refractivity contribution in [1.29, 1.82) is 0 Å². The van der Waals surface area contributed by atoms with E-state index in [2.05, 4.69) is 25.7 Å². The normalized spacial score (nSPS) is 14.2. The van der Waals surface area contributed by atoms with Gasteiger partial charge in [0, 0.05) is 43.5 Å². The molecule has 34 heavy (non-hydrogen) atoms. The van der Waals surface area contributed by atoms with Gasteiger partial charge in [-0.25, -0.2) is 4.98 Å². The van der Waals surface area contributed by atoms with Gasteiger partial charge in [0.15, 0.2) is 11.6 Å². The van der Waals surface area contributed by atoms with Crippen molar-refractivity contribution in [3.05, 3.63) is 76.8 Å². The van der Waals surface area contributed by atoms with E-state index in [1.54, 1.807) is 34.9 Å². The van der Waals surface area contributed by atoms with Crippen LogP contribution in [0.25, 0.3) is 11.0 Å². The van der Waals surface area contributed by atoms with Crippen LogP contribution in [0.15, 0.2) is 70.2 Å². The third-order valence-electron chi connectivity index (χ3n) is 5.69. The summed E-state index contributed by atoms with van der Waals surface area (Å²) in [4.78, 5) is 32.5. The molecule has 2 aromatic heterocycles. The molecular formula is C24H24N6O4. The van der Waals surface area contributed by atoms with Gasteiger partial charge < -0.3 is 24.5 Å². The first-order valence-corrected chi connectivity index (χ1v) is 11.1. The number of hydrogen-bond donors (Lipinski definition) is 2. The predicted molar refractivity (Wildman–Crippen MR) is 127 cm³/mol. The molecule has 0 saturated carbocycles. The minimum atomic E-state index is -0.310. The van der Waals surface area contributed by atoms with Crippen molar-refractivity contribution < 1.29 is 14.1 Å². The summed E-state index contributed by atoms with van der Waals surface area (Å²) in [6.45, 7) is 4.46. The number of carbonyl (C=O) groups excluding carboxylic acids is 1. The number of carbonyl (C=O) groups is 1. The molecule has 1 saturated heterocycles. The number of ether oxygens (including phenoxy) is 1. The number of aromatic nitrogens is 3. The largest absolute Gasteiger partial charge is 0.379 e. The maximum Gasteiger partial charge on any atom is 0.294 e. The van der Waals surface area contributed by atoms with E-state index >= 15 is 0 Å². The van der Waals surface area contributed by atoms with Gasteiger partial charge in [-0.2, -0.15) is 0 Å². The van der Waals surface area contributed by atoms with Gasteiger partial charge in [0.05, 0.1) is 24.2 Å². The van der Waals surface area contributed by atoms with Gasteiger partial charge in [0.25, 0.3) is 11.5 Å². The van der Waals surface area contributed by atoms with Crippen LogP contribution in [0.2, 0.25) is 0 Å². The number of fused-ring (bicyclic) bond motifs is 1. The van der Waals surface area contributed by atoms with Crippen LogP contribution in [0.3, 0.4) is 0 Å². The number of anilines is 3. The van der Waals surface area contributed by atoms with Gasteiger partial charge in [-0.05, 0) is 36.4 Å². The lowest BCUT2D eigenvalue weighted by Gasteiger charge is -2.27. The molecule has 10 heteroatoms. The van der Waals surface area contributed by atoms with Crippen LogP contribution in [0, 0.1) is 0 Å². The zero-order valence-corrected chi connectivity index (χ0v) is 18.4. The first kappa shape index (κ1) is 21.8. The van der Waals surface area contributed by atoms with Crippen molar-refractivity contribution in [1.82, 2.24) is 19.6 Å². The van der Waals surface area contributed by atoms with Gasteiger partial charge >= 0.3 is 0 Å².